The summed E-state index contributed by atoms with van der Waals surface area (Å²) in [6, 6.07) is 20.2. The summed E-state index contributed by atoms with van der Waals surface area (Å²) in [6.45, 7) is 0. The number of amides is 1. The Balaban J connectivity index is 1.55. The van der Waals surface area contributed by atoms with Gasteiger partial charge in [0.2, 0.25) is 5.91 Å². The second-order valence-electron chi connectivity index (χ2n) is 7.47. The second-order valence-corrected chi connectivity index (χ2v) is 8.42. The normalized spacial score (nSPS) is 11.1. The average molecular weight is 475 g/mol. The molecule has 170 valence electrons. The van der Waals surface area contributed by atoms with Crippen molar-refractivity contribution in [3.63, 3.8) is 0 Å². The van der Waals surface area contributed by atoms with E-state index in [1.807, 2.05) is 24.3 Å². The van der Waals surface area contributed by atoms with Crippen molar-refractivity contribution in [1.82, 2.24) is 14.5 Å². The van der Waals surface area contributed by atoms with Gasteiger partial charge in [-0.2, -0.15) is 0 Å². The minimum atomic E-state index is -0.440. The Morgan fingerprint density at radius 1 is 1.12 bits per heavy atom. The number of nitrogens with one attached hydrogen (secondary N) is 2. The first-order valence-electron chi connectivity index (χ1n) is 10.4. The molecule has 0 aliphatic carbocycles. The van der Waals surface area contributed by atoms with E-state index in [4.69, 9.17) is 9.72 Å². The number of H-pyrrole nitrogens is 1. The first-order chi connectivity index (χ1) is 16.5. The van der Waals surface area contributed by atoms with Crippen LogP contribution in [0.2, 0.25) is 0 Å². The van der Waals surface area contributed by atoms with Gasteiger partial charge in [0.1, 0.15) is 22.6 Å². The van der Waals surface area contributed by atoms with E-state index in [0.717, 1.165) is 22.7 Å². The summed E-state index contributed by atoms with van der Waals surface area (Å²) in [6.07, 6.45) is 0. The lowest BCUT2D eigenvalue weighted by Gasteiger charge is -2.13. The number of methoxy groups -OCH3 is 1. The molecule has 0 bridgehead atoms. The van der Waals surface area contributed by atoms with Crippen LogP contribution in [0.5, 0.6) is 5.75 Å². The third kappa shape index (κ3) is 4.13. The summed E-state index contributed by atoms with van der Waals surface area (Å²) in [4.78, 5) is 34.0. The molecule has 0 aliphatic heterocycles. The van der Waals surface area contributed by atoms with E-state index in [0.29, 0.717) is 33.3 Å². The molecule has 5 aromatic rings. The number of nitrogens with zero attached hydrogens (tertiary/aromatic N) is 2. The number of carbonyl (C=O) groups excluding carboxylic acids is 1. The molecule has 0 aliphatic rings. The fourth-order valence-electron chi connectivity index (χ4n) is 3.69. The molecule has 0 unspecified atom stereocenters. The van der Waals surface area contributed by atoms with E-state index in [2.05, 4.69) is 10.3 Å². The highest BCUT2D eigenvalue weighted by atomic mass is 32.2. The predicted molar refractivity (Wildman–Crippen MR) is 132 cm³/mol. The Hall–Kier alpha value is -4.11. The maximum atomic E-state index is 13.6. The van der Waals surface area contributed by atoms with Crippen LogP contribution in [0.25, 0.3) is 27.6 Å². The van der Waals surface area contributed by atoms with Crippen molar-refractivity contribution in [2.75, 3.05) is 18.2 Å². The molecular weight excluding hydrogens is 455 g/mol. The van der Waals surface area contributed by atoms with E-state index in [1.165, 1.54) is 22.8 Å². The minimum absolute atomic E-state index is 0.0209. The molecule has 34 heavy (non-hydrogen) atoms. The Bertz CT molecular complexity index is 1580. The van der Waals surface area contributed by atoms with Crippen molar-refractivity contribution < 1.29 is 13.9 Å². The van der Waals surface area contributed by atoms with E-state index in [-0.39, 0.29) is 17.2 Å². The number of fused-ring (bicyclic) bond motifs is 3. The van der Waals surface area contributed by atoms with Crippen molar-refractivity contribution in [2.45, 2.75) is 5.16 Å². The maximum Gasteiger partial charge on any atom is 0.283 e. The molecule has 0 saturated carbocycles. The molecule has 2 heterocycles. The Morgan fingerprint density at radius 3 is 2.68 bits per heavy atom. The number of thioether (sulfide) groups is 1. The summed E-state index contributed by atoms with van der Waals surface area (Å²) in [5.41, 5.74) is 2.39. The number of hydrogen-bond donors (Lipinski definition) is 2. The van der Waals surface area contributed by atoms with Gasteiger partial charge in [0.25, 0.3) is 5.56 Å². The monoisotopic (exact) mass is 474 g/mol. The molecule has 0 saturated heterocycles. The zero-order valence-corrected chi connectivity index (χ0v) is 18.9. The van der Waals surface area contributed by atoms with Crippen LogP contribution in [0.15, 0.2) is 82.7 Å². The number of halogens is 1. The van der Waals surface area contributed by atoms with Crippen LogP contribution in [0.1, 0.15) is 0 Å². The topological polar surface area (TPSA) is 89.0 Å². The lowest BCUT2D eigenvalue weighted by molar-refractivity contribution is -0.113. The highest BCUT2D eigenvalue weighted by Gasteiger charge is 2.18. The molecule has 9 heteroatoms. The lowest BCUT2D eigenvalue weighted by Crippen LogP contribution is -2.23. The lowest BCUT2D eigenvalue weighted by atomic mass is 10.2. The fourth-order valence-corrected chi connectivity index (χ4v) is 4.50. The number of carbonyl (C=O) groups is 1. The van der Waals surface area contributed by atoms with Gasteiger partial charge < -0.3 is 15.0 Å². The standard InChI is InChI=1S/C25H19FN4O3S/c1-33-18-11-9-17(10-12-18)30-24(32)23-22(19-7-2-3-8-20(19)28-23)29-25(30)34-14-21(31)27-16-6-4-5-15(26)13-16/h2-13,28H,14H2,1H3,(H,27,31). The number of rotatable bonds is 6. The number of aromatic nitrogens is 3. The van der Waals surface area contributed by atoms with E-state index < -0.39 is 5.82 Å². The van der Waals surface area contributed by atoms with Gasteiger partial charge in [-0.25, -0.2) is 9.37 Å². The molecule has 0 spiro atoms. The fraction of sp³-hybridized carbons (Fsp3) is 0.0800. The third-order valence-electron chi connectivity index (χ3n) is 5.27. The quantitative estimate of drug-likeness (QED) is 0.274. The number of para-hydroxylation sites is 1. The molecule has 0 fully saturated rings. The van der Waals surface area contributed by atoms with E-state index >= 15 is 0 Å². The first kappa shape index (κ1) is 21.7. The Labute approximate surface area is 197 Å². The average Bonchev–Trinajstić information content (AvgIpc) is 3.22. The van der Waals surface area contributed by atoms with Gasteiger partial charge in [0, 0.05) is 16.6 Å². The van der Waals surface area contributed by atoms with E-state index in [9.17, 15) is 14.0 Å². The number of hydrogen-bond acceptors (Lipinski definition) is 5. The second kappa shape index (κ2) is 9.03. The van der Waals surface area contributed by atoms with Gasteiger partial charge in [-0.1, -0.05) is 36.0 Å². The van der Waals surface area contributed by atoms with Crippen molar-refractivity contribution in [2.24, 2.45) is 0 Å². The molecule has 7 nitrogen and oxygen atoms in total. The third-order valence-corrected chi connectivity index (χ3v) is 6.20. The van der Waals surface area contributed by atoms with Crippen molar-refractivity contribution in [3.05, 3.63) is 89.0 Å². The molecule has 5 rings (SSSR count). The van der Waals surface area contributed by atoms with Crippen LogP contribution in [0.4, 0.5) is 10.1 Å². The highest BCUT2D eigenvalue weighted by Crippen LogP contribution is 2.27. The number of aromatic amines is 1. The Kier molecular flexibility index (Phi) is 5.77. The molecule has 3 aromatic carbocycles. The van der Waals surface area contributed by atoms with Crippen molar-refractivity contribution in [3.8, 4) is 11.4 Å². The number of ether oxygens (including phenoxy) is 1. The Morgan fingerprint density at radius 2 is 1.91 bits per heavy atom. The van der Waals surface area contributed by atoms with Gasteiger partial charge in [0.05, 0.1) is 18.6 Å². The summed E-state index contributed by atoms with van der Waals surface area (Å²) in [7, 11) is 1.57. The van der Waals surface area contributed by atoms with E-state index in [1.54, 1.807) is 37.4 Å². The van der Waals surface area contributed by atoms with Crippen molar-refractivity contribution in [1.29, 1.82) is 0 Å². The smallest absolute Gasteiger partial charge is 0.283 e. The van der Waals surface area contributed by atoms with Crippen LogP contribution in [0, 0.1) is 5.82 Å². The molecular formula is C25H19FN4O3S. The van der Waals surface area contributed by atoms with Crippen LogP contribution in [-0.2, 0) is 4.79 Å². The van der Waals surface area contributed by atoms with Gasteiger partial charge in [-0.05, 0) is 48.5 Å². The highest BCUT2D eigenvalue weighted by molar-refractivity contribution is 7.99. The first-order valence-corrected chi connectivity index (χ1v) is 11.4. The zero-order valence-electron chi connectivity index (χ0n) is 18.0. The number of anilines is 1. The van der Waals surface area contributed by atoms with Crippen LogP contribution >= 0.6 is 11.8 Å². The molecule has 2 aromatic heterocycles. The molecule has 1 amide bonds. The summed E-state index contributed by atoms with van der Waals surface area (Å²) >= 11 is 1.13. The zero-order chi connectivity index (χ0) is 23.7. The molecule has 2 N–H and O–H groups in total. The summed E-state index contributed by atoms with van der Waals surface area (Å²) in [5, 5.41) is 3.85. The maximum absolute atomic E-state index is 13.6. The SMILES string of the molecule is COc1ccc(-n2c(SCC(=O)Nc3cccc(F)c3)nc3c([nH]c4ccccc43)c2=O)cc1. The van der Waals surface area contributed by atoms with Crippen LogP contribution in [-0.4, -0.2) is 33.3 Å². The minimum Gasteiger partial charge on any atom is -0.497 e. The van der Waals surface area contributed by atoms with Crippen molar-refractivity contribution >= 4 is 45.3 Å². The summed E-state index contributed by atoms with van der Waals surface area (Å²) in [5.74, 6) is -0.150. The predicted octanol–water partition coefficient (Wildman–Crippen LogP) is 4.75. The molecule has 0 atom stereocenters. The van der Waals surface area contributed by atoms with Crippen LogP contribution < -0.4 is 15.6 Å². The van der Waals surface area contributed by atoms with Gasteiger partial charge in [0.15, 0.2) is 5.16 Å². The summed E-state index contributed by atoms with van der Waals surface area (Å²) < 4.78 is 20.1. The largest absolute Gasteiger partial charge is 0.497 e. The van der Waals surface area contributed by atoms with Gasteiger partial charge in [-0.3, -0.25) is 14.2 Å². The van der Waals surface area contributed by atoms with Gasteiger partial charge in [-0.15, -0.1) is 0 Å². The van der Waals surface area contributed by atoms with Crippen LogP contribution in [0.3, 0.4) is 0 Å². The number of benzene rings is 3. The van der Waals surface area contributed by atoms with Gasteiger partial charge >= 0.3 is 0 Å². The molecule has 0 radical (unpaired) electrons.